The second-order valence-electron chi connectivity index (χ2n) is 6.21. The quantitative estimate of drug-likeness (QED) is 0.809. The maximum atomic E-state index is 13.2. The molecule has 0 spiro atoms. The average molecular weight is 357 g/mol. The number of amides is 4. The van der Waals surface area contributed by atoms with Crippen LogP contribution in [0, 0.1) is 0 Å². The number of imide groups is 1. The van der Waals surface area contributed by atoms with Crippen molar-refractivity contribution in [1.82, 2.24) is 15.5 Å². The van der Waals surface area contributed by atoms with Crippen LogP contribution in [0.2, 0.25) is 0 Å². The van der Waals surface area contributed by atoms with Crippen molar-refractivity contribution in [3.63, 3.8) is 0 Å². The van der Waals surface area contributed by atoms with Crippen LogP contribution in [-0.2, 0) is 21.3 Å². The van der Waals surface area contributed by atoms with Crippen LogP contribution in [-0.4, -0.2) is 35.3 Å². The molecule has 0 aromatic heterocycles. The average Bonchev–Trinajstić information content (AvgIpc) is 2.70. The van der Waals surface area contributed by atoms with Crippen molar-refractivity contribution in [2.75, 3.05) is 6.54 Å². The van der Waals surface area contributed by atoms with Crippen LogP contribution in [0.4, 0.5) is 18.0 Å². The molecule has 0 saturated carbocycles. The summed E-state index contributed by atoms with van der Waals surface area (Å²) in [6, 6.07) is 3.41. The first-order valence-electron chi connectivity index (χ1n) is 7.57. The summed E-state index contributed by atoms with van der Waals surface area (Å²) in [7, 11) is 0. The van der Waals surface area contributed by atoms with E-state index in [1.165, 1.54) is 19.1 Å². The molecule has 1 aromatic carbocycles. The van der Waals surface area contributed by atoms with Gasteiger partial charge in [-0.25, -0.2) is 4.79 Å². The number of nitrogens with zero attached hydrogens (tertiary/aromatic N) is 1. The van der Waals surface area contributed by atoms with Gasteiger partial charge in [-0.3, -0.25) is 14.5 Å². The monoisotopic (exact) mass is 357 g/mol. The van der Waals surface area contributed by atoms with E-state index in [2.05, 4.69) is 10.6 Å². The number of carbonyl (C=O) groups is 3. The van der Waals surface area contributed by atoms with Crippen molar-refractivity contribution < 1.29 is 27.6 Å². The maximum absolute atomic E-state index is 13.2. The Labute approximate surface area is 142 Å². The van der Waals surface area contributed by atoms with Crippen molar-refractivity contribution >= 4 is 17.8 Å². The molecule has 1 atom stereocenters. The zero-order valence-corrected chi connectivity index (χ0v) is 13.9. The standard InChI is InChI=1S/C16H18F3N3O3/c1-9(2)20-12(23)8-22-13(24)15(3,21-14(22)25)10-6-4-5-7-11(10)16(17,18)19/h4-7,9H,8H2,1-3H3,(H,20,23)(H,21,25). The highest BCUT2D eigenvalue weighted by Crippen LogP contribution is 2.39. The molecule has 4 amide bonds. The lowest BCUT2D eigenvalue weighted by molar-refractivity contribution is -0.140. The number of benzene rings is 1. The summed E-state index contributed by atoms with van der Waals surface area (Å²) in [5.41, 5.74) is -3.28. The number of carbonyl (C=O) groups excluding carboxylic acids is 3. The van der Waals surface area contributed by atoms with Crippen LogP contribution in [0.25, 0.3) is 0 Å². The molecule has 2 rings (SSSR count). The van der Waals surface area contributed by atoms with Crippen molar-refractivity contribution in [2.24, 2.45) is 0 Å². The predicted octanol–water partition coefficient (Wildman–Crippen LogP) is 2.00. The van der Waals surface area contributed by atoms with E-state index in [0.717, 1.165) is 12.1 Å². The lowest BCUT2D eigenvalue weighted by atomic mass is 9.87. The summed E-state index contributed by atoms with van der Waals surface area (Å²) < 4.78 is 39.7. The first kappa shape index (κ1) is 18.8. The highest BCUT2D eigenvalue weighted by atomic mass is 19.4. The molecule has 1 fully saturated rings. The van der Waals surface area contributed by atoms with Gasteiger partial charge < -0.3 is 10.6 Å². The van der Waals surface area contributed by atoms with Crippen molar-refractivity contribution in [3.05, 3.63) is 35.4 Å². The largest absolute Gasteiger partial charge is 0.416 e. The van der Waals surface area contributed by atoms with E-state index in [1.54, 1.807) is 13.8 Å². The van der Waals surface area contributed by atoms with Gasteiger partial charge in [-0.15, -0.1) is 0 Å². The van der Waals surface area contributed by atoms with Gasteiger partial charge in [0.25, 0.3) is 5.91 Å². The Morgan fingerprint density at radius 2 is 1.88 bits per heavy atom. The summed E-state index contributed by atoms with van der Waals surface area (Å²) >= 11 is 0. The van der Waals surface area contributed by atoms with E-state index >= 15 is 0 Å². The minimum absolute atomic E-state index is 0.203. The number of hydrogen-bond donors (Lipinski definition) is 2. The molecule has 1 aliphatic rings. The summed E-state index contributed by atoms with van der Waals surface area (Å²) in [6.07, 6.45) is -4.69. The number of hydrogen-bond acceptors (Lipinski definition) is 3. The van der Waals surface area contributed by atoms with Crippen LogP contribution in [0.15, 0.2) is 24.3 Å². The number of nitrogens with one attached hydrogen (secondary N) is 2. The first-order chi connectivity index (χ1) is 11.5. The molecular formula is C16H18F3N3O3. The topological polar surface area (TPSA) is 78.5 Å². The summed E-state index contributed by atoms with van der Waals surface area (Å²) in [5, 5.41) is 4.80. The molecule has 0 radical (unpaired) electrons. The second-order valence-corrected chi connectivity index (χ2v) is 6.21. The molecule has 6 nitrogen and oxygen atoms in total. The van der Waals surface area contributed by atoms with Gasteiger partial charge in [0.15, 0.2) is 0 Å². The predicted molar refractivity (Wildman–Crippen MR) is 82.3 cm³/mol. The zero-order chi connectivity index (χ0) is 19.0. The van der Waals surface area contributed by atoms with E-state index in [-0.39, 0.29) is 11.6 Å². The highest BCUT2D eigenvalue weighted by Gasteiger charge is 2.52. The molecule has 1 unspecified atom stereocenters. The Kier molecular flexibility index (Phi) is 4.79. The third-order valence-electron chi connectivity index (χ3n) is 3.80. The summed E-state index contributed by atoms with van der Waals surface area (Å²) in [4.78, 5) is 37.1. The van der Waals surface area contributed by atoms with Gasteiger partial charge >= 0.3 is 12.2 Å². The molecule has 136 valence electrons. The molecule has 1 heterocycles. The molecule has 0 bridgehead atoms. The van der Waals surface area contributed by atoms with Crippen molar-refractivity contribution in [2.45, 2.75) is 38.5 Å². The Balaban J connectivity index is 2.37. The van der Waals surface area contributed by atoms with Crippen LogP contribution < -0.4 is 10.6 Å². The third kappa shape index (κ3) is 3.59. The normalized spacial score (nSPS) is 20.8. The van der Waals surface area contributed by atoms with Crippen molar-refractivity contribution in [1.29, 1.82) is 0 Å². The van der Waals surface area contributed by atoms with Crippen LogP contribution in [0.5, 0.6) is 0 Å². The molecule has 0 aliphatic carbocycles. The molecule has 2 N–H and O–H groups in total. The van der Waals surface area contributed by atoms with Gasteiger partial charge in [-0.1, -0.05) is 18.2 Å². The SMILES string of the molecule is CC(C)NC(=O)CN1C(=O)NC(C)(c2ccccc2C(F)(F)F)C1=O. The Bertz CT molecular complexity index is 718. The number of halogens is 3. The van der Waals surface area contributed by atoms with Crippen LogP contribution >= 0.6 is 0 Å². The van der Waals surface area contributed by atoms with Crippen LogP contribution in [0.3, 0.4) is 0 Å². The fourth-order valence-corrected chi connectivity index (χ4v) is 2.70. The minimum atomic E-state index is -4.69. The molecule has 1 aliphatic heterocycles. The van der Waals surface area contributed by atoms with E-state index < -0.39 is 41.7 Å². The molecular weight excluding hydrogens is 339 g/mol. The number of urea groups is 1. The zero-order valence-electron chi connectivity index (χ0n) is 13.9. The van der Waals surface area contributed by atoms with E-state index in [0.29, 0.717) is 4.90 Å². The number of alkyl halides is 3. The smallest absolute Gasteiger partial charge is 0.352 e. The van der Waals surface area contributed by atoms with Crippen LogP contribution in [0.1, 0.15) is 31.9 Å². The summed E-state index contributed by atoms with van der Waals surface area (Å²) in [6.45, 7) is 4.03. The molecule has 1 saturated heterocycles. The Morgan fingerprint density at radius 3 is 2.44 bits per heavy atom. The second kappa shape index (κ2) is 6.38. The van der Waals surface area contributed by atoms with Gasteiger partial charge in [-0.2, -0.15) is 13.2 Å². The summed E-state index contributed by atoms with van der Waals surface area (Å²) in [5.74, 6) is -1.49. The van der Waals surface area contributed by atoms with Crippen molar-refractivity contribution in [3.8, 4) is 0 Å². The number of rotatable bonds is 4. The maximum Gasteiger partial charge on any atom is 0.416 e. The van der Waals surface area contributed by atoms with Gasteiger partial charge in [0, 0.05) is 6.04 Å². The molecule has 9 heteroatoms. The Hall–Kier alpha value is -2.58. The van der Waals surface area contributed by atoms with Gasteiger partial charge in [0.2, 0.25) is 5.91 Å². The first-order valence-corrected chi connectivity index (χ1v) is 7.57. The van der Waals surface area contributed by atoms with Gasteiger partial charge in [0.05, 0.1) is 5.56 Å². The lowest BCUT2D eigenvalue weighted by Gasteiger charge is -2.25. The lowest BCUT2D eigenvalue weighted by Crippen LogP contribution is -2.45. The van der Waals surface area contributed by atoms with E-state index in [4.69, 9.17) is 0 Å². The third-order valence-corrected chi connectivity index (χ3v) is 3.80. The van der Waals surface area contributed by atoms with Gasteiger partial charge in [0.1, 0.15) is 12.1 Å². The van der Waals surface area contributed by atoms with Gasteiger partial charge in [-0.05, 0) is 32.4 Å². The fraction of sp³-hybridized carbons (Fsp3) is 0.438. The Morgan fingerprint density at radius 1 is 1.28 bits per heavy atom. The highest BCUT2D eigenvalue weighted by molar-refractivity contribution is 6.09. The molecule has 1 aromatic rings. The van der Waals surface area contributed by atoms with E-state index in [1.807, 2.05) is 0 Å². The fourth-order valence-electron chi connectivity index (χ4n) is 2.70. The van der Waals surface area contributed by atoms with E-state index in [9.17, 15) is 27.6 Å². The molecule has 25 heavy (non-hydrogen) atoms. The minimum Gasteiger partial charge on any atom is -0.352 e.